The molecule has 1 fully saturated rings. The number of hydrogen-bond acceptors (Lipinski definition) is 24. The Hall–Kier alpha value is -6.72. The standard InChI is InChI=1S/2C8H10.C7H13NO.C5H12.C4H10.C3H8O.2C2H6.2C2H4.7CH5N.11CH2O.4H3N/c2*1-2-8-6-4-3-5-7-8;1-7(9)8-5-3-2-4-6-8;1-4-5(2)3;1-4(2)3;1-3(2)4;22*1-2;;;;/h2*3-7H,2H2,1H3;2-6H2,1H3;5H,4H2,1-3H3;4H,1-3H3;3-4H,1-2H3;2*1-2H3;2*1-2H2;7*2H2,1H3;11*1H2;4*1H3. The summed E-state index contributed by atoms with van der Waals surface area (Å²) in [6.07, 6.45) is 7.10. The summed E-state index contributed by atoms with van der Waals surface area (Å²) in [6.45, 7) is 66.5. The van der Waals surface area contributed by atoms with Crippen molar-refractivity contribution in [3.8, 4) is 0 Å². The molecule has 25 heteroatoms. The average Bonchev–Trinajstić information content (AvgIpc) is 3.61. The van der Waals surface area contributed by atoms with Crippen molar-refractivity contribution in [3.05, 3.63) is 98.1 Å². The van der Waals surface area contributed by atoms with Gasteiger partial charge in [0.2, 0.25) is 5.91 Å². The molecule has 25 nitrogen and oxygen atoms in total. The van der Waals surface area contributed by atoms with Crippen molar-refractivity contribution in [1.82, 2.24) is 29.5 Å². The molecule has 27 N–H and O–H groups in total. The molecule has 0 aromatic heterocycles. The lowest BCUT2D eigenvalue weighted by molar-refractivity contribution is -0.129. The summed E-state index contributed by atoms with van der Waals surface area (Å²) in [7, 11) is 10.5. The van der Waals surface area contributed by atoms with Gasteiger partial charge in [0.25, 0.3) is 0 Å². The Morgan fingerprint density at radius 3 is 0.593 bits per heavy atom. The summed E-state index contributed by atoms with van der Waals surface area (Å²) < 4.78 is 0. The van der Waals surface area contributed by atoms with Gasteiger partial charge in [-0.05, 0) is 118 Å². The molecule has 0 unspecified atom stereocenters. The van der Waals surface area contributed by atoms with Gasteiger partial charge in [-0.2, -0.15) is 0 Å². The topological polar surface area (TPSA) is 550 Å². The van der Waals surface area contributed by atoms with E-state index in [1.807, 2.05) is 119 Å². The highest BCUT2D eigenvalue weighted by Gasteiger charge is 2.11. The zero-order valence-corrected chi connectivity index (χ0v) is 59.9. The van der Waals surface area contributed by atoms with Crippen LogP contribution in [0.25, 0.3) is 0 Å². The van der Waals surface area contributed by atoms with Crippen LogP contribution in [0.3, 0.4) is 0 Å². The number of aliphatic hydroxyl groups is 1. The molecule has 2 aromatic rings. The van der Waals surface area contributed by atoms with Gasteiger partial charge < -0.3 is 127 Å². The zero-order chi connectivity index (χ0) is 73.8. The van der Waals surface area contributed by atoms with Crippen molar-refractivity contribution < 1.29 is 62.6 Å². The van der Waals surface area contributed by atoms with E-state index in [4.69, 9.17) is 57.8 Å². The van der Waals surface area contributed by atoms with E-state index in [0.717, 1.165) is 37.8 Å². The van der Waals surface area contributed by atoms with Gasteiger partial charge in [0, 0.05) is 26.1 Å². The van der Waals surface area contributed by atoms with Crippen LogP contribution in [0, 0.1) is 11.8 Å². The summed E-state index contributed by atoms with van der Waals surface area (Å²) in [5.41, 5.74) is 34.3. The van der Waals surface area contributed by atoms with E-state index >= 15 is 0 Å². The zero-order valence-electron chi connectivity index (χ0n) is 59.9. The number of benzene rings is 2. The molecule has 1 amide bonds. The van der Waals surface area contributed by atoms with E-state index in [1.54, 1.807) is 20.8 Å². The van der Waals surface area contributed by atoms with Crippen LogP contribution in [0.2, 0.25) is 0 Å². The smallest absolute Gasteiger partial charge is 0.219 e. The Bertz CT molecular complexity index is 885. The molecule has 534 valence electrons. The summed E-state index contributed by atoms with van der Waals surface area (Å²) in [6, 6.07) is 20.9. The maximum atomic E-state index is 10.7. The van der Waals surface area contributed by atoms with E-state index in [-0.39, 0.29) is 36.6 Å². The average molecular weight is 1260 g/mol. The van der Waals surface area contributed by atoms with Crippen molar-refractivity contribution in [3.63, 3.8) is 0 Å². The predicted molar refractivity (Wildman–Crippen MR) is 385 cm³/mol. The molecule has 3 rings (SSSR count). The first-order valence-corrected chi connectivity index (χ1v) is 25.1. The monoisotopic (exact) mass is 1260 g/mol. The minimum atomic E-state index is -0.167. The number of likely N-dealkylation sites (tertiary alicyclic amines) is 1. The van der Waals surface area contributed by atoms with Crippen molar-refractivity contribution in [1.29, 1.82) is 0 Å². The normalized spacial score (nSPS) is 6.41. The molecular formula is C61H152N12O13. The summed E-state index contributed by atoms with van der Waals surface area (Å²) in [5.74, 6) is 1.95. The Balaban J connectivity index is -0.0000000149. The highest BCUT2D eigenvalue weighted by Crippen LogP contribution is 2.07. The van der Waals surface area contributed by atoms with E-state index in [1.165, 1.54) is 86.1 Å². The highest BCUT2D eigenvalue weighted by atomic mass is 16.3. The van der Waals surface area contributed by atoms with E-state index in [0.29, 0.717) is 0 Å². The first-order valence-electron chi connectivity index (χ1n) is 25.1. The van der Waals surface area contributed by atoms with Crippen LogP contribution < -0.4 is 64.7 Å². The number of nitrogens with two attached hydrogens (primary N) is 7. The van der Waals surface area contributed by atoms with E-state index in [2.05, 4.69) is 170 Å². The van der Waals surface area contributed by atoms with Crippen molar-refractivity contribution in [2.24, 2.45) is 52.0 Å². The molecule has 1 saturated heterocycles. The van der Waals surface area contributed by atoms with Gasteiger partial charge in [0.1, 0.15) is 74.7 Å². The first-order chi connectivity index (χ1) is 39.9. The second-order valence-electron chi connectivity index (χ2n) is 10.9. The SMILES string of the molecule is C=C.C=C.C=O.C=O.C=O.C=O.C=O.C=O.C=O.C=O.C=O.C=O.C=O.CC.CC.CC(=O)N1CCCCC1.CC(C)C.CC(C)O.CCC(C)C.CCc1ccccc1.CCc1ccccc1.CN.CN.CN.CN.CN.CN.CN.N.N.N.N. The third-order valence-electron chi connectivity index (χ3n) is 5.12. The lowest BCUT2D eigenvalue weighted by Crippen LogP contribution is -2.33. The number of nitrogens with zero attached hydrogens (tertiary/aromatic N) is 1. The highest BCUT2D eigenvalue weighted by molar-refractivity contribution is 5.73. The molecule has 1 aliphatic rings. The number of aryl methyl sites for hydroxylation is 2. The van der Waals surface area contributed by atoms with Gasteiger partial charge in [0.05, 0.1) is 0 Å². The third-order valence-corrected chi connectivity index (χ3v) is 5.12. The number of piperidine rings is 1. The van der Waals surface area contributed by atoms with Crippen LogP contribution in [-0.2, 0) is 70.4 Å². The molecule has 0 aliphatic carbocycles. The van der Waals surface area contributed by atoms with Gasteiger partial charge in [-0.1, -0.05) is 150 Å². The Morgan fingerprint density at radius 1 is 0.395 bits per heavy atom. The lowest BCUT2D eigenvalue weighted by Gasteiger charge is -2.24. The minimum absolute atomic E-state index is 0. The van der Waals surface area contributed by atoms with Crippen molar-refractivity contribution in [2.75, 3.05) is 62.4 Å². The number of aliphatic hydroxyl groups excluding tert-OH is 1. The van der Waals surface area contributed by atoms with Crippen LogP contribution in [0.15, 0.2) is 87.0 Å². The summed E-state index contributed by atoms with van der Waals surface area (Å²) in [5, 5.41) is 8.06. The molecule has 0 saturated carbocycles. The number of hydrogen-bond donors (Lipinski definition) is 12. The Morgan fingerprint density at radius 2 is 0.523 bits per heavy atom. The molecule has 0 atom stereocenters. The Kier molecular flexibility index (Phi) is 1000. The predicted octanol–water partition coefficient (Wildman–Crippen LogP) is 8.91. The van der Waals surface area contributed by atoms with Crippen LogP contribution in [-0.4, -0.2) is 159 Å². The molecule has 0 radical (unpaired) electrons. The number of rotatable bonds is 3. The van der Waals surface area contributed by atoms with Crippen molar-refractivity contribution in [2.45, 2.75) is 148 Å². The van der Waals surface area contributed by atoms with Gasteiger partial charge in [0.15, 0.2) is 0 Å². The molecule has 86 heavy (non-hydrogen) atoms. The van der Waals surface area contributed by atoms with Crippen LogP contribution in [0.5, 0.6) is 0 Å². The molecule has 0 spiro atoms. The fraction of sp³-hybridized carbons (Fsp3) is 0.541. The second kappa shape index (κ2) is 449. The minimum Gasteiger partial charge on any atom is -0.394 e. The maximum absolute atomic E-state index is 10.7. The second-order valence-corrected chi connectivity index (χ2v) is 10.9. The van der Waals surface area contributed by atoms with Crippen LogP contribution in [0.4, 0.5) is 0 Å². The lowest BCUT2D eigenvalue weighted by atomic mass is 10.1. The first kappa shape index (κ1) is 192. The van der Waals surface area contributed by atoms with Gasteiger partial charge in [-0.3, -0.25) is 4.79 Å². The number of carbonyl (C=O) groups is 12. The number of amides is 1. The fourth-order valence-corrected chi connectivity index (χ4v) is 2.64. The van der Waals surface area contributed by atoms with Crippen LogP contribution >= 0.6 is 0 Å². The van der Waals surface area contributed by atoms with Crippen molar-refractivity contribution >= 4 is 80.6 Å². The van der Waals surface area contributed by atoms with Gasteiger partial charge in [-0.15, -0.1) is 26.3 Å². The van der Waals surface area contributed by atoms with Crippen LogP contribution in [0.1, 0.15) is 141 Å². The maximum Gasteiger partial charge on any atom is 0.219 e. The quantitative estimate of drug-likeness (QED) is 0.128. The Labute approximate surface area is 532 Å². The molecule has 1 aliphatic heterocycles. The van der Waals surface area contributed by atoms with E-state index < -0.39 is 0 Å². The van der Waals surface area contributed by atoms with E-state index in [9.17, 15) is 4.79 Å². The molecular weight excluding hydrogens is 1110 g/mol. The fourth-order valence-electron chi connectivity index (χ4n) is 2.64. The number of carbonyl (C=O) groups excluding carboxylic acids is 12. The van der Waals surface area contributed by atoms with Gasteiger partial charge >= 0.3 is 0 Å². The molecule has 1 heterocycles. The summed E-state index contributed by atoms with van der Waals surface area (Å²) >= 11 is 0. The summed E-state index contributed by atoms with van der Waals surface area (Å²) in [4.78, 5) is 101. The van der Waals surface area contributed by atoms with Gasteiger partial charge in [-0.25, -0.2) is 0 Å². The molecule has 2 aromatic carbocycles. The third kappa shape index (κ3) is 604. The largest absolute Gasteiger partial charge is 0.394 e. The molecule has 0 bridgehead atoms.